The molecular formula is C14H18Cl2FNO. The van der Waals surface area contributed by atoms with Crippen molar-refractivity contribution in [2.45, 2.75) is 33.2 Å². The lowest BCUT2D eigenvalue weighted by Gasteiger charge is -2.31. The SMILES string of the molecule is CC(C)(C)C(CCCl)NC(=O)c1ccc(F)cc1Cl. The summed E-state index contributed by atoms with van der Waals surface area (Å²) in [6.45, 7) is 6.07. The van der Waals surface area contributed by atoms with Crippen LogP contribution in [0.4, 0.5) is 4.39 Å². The van der Waals surface area contributed by atoms with Gasteiger partial charge in [-0.15, -0.1) is 11.6 Å². The third-order valence-electron chi connectivity index (χ3n) is 2.92. The number of alkyl halides is 1. The van der Waals surface area contributed by atoms with E-state index in [1.807, 2.05) is 20.8 Å². The molecule has 1 aromatic rings. The van der Waals surface area contributed by atoms with Crippen LogP contribution in [0.15, 0.2) is 18.2 Å². The van der Waals surface area contributed by atoms with E-state index in [4.69, 9.17) is 23.2 Å². The fraction of sp³-hybridized carbons (Fsp3) is 0.500. The second-order valence-electron chi connectivity index (χ2n) is 5.49. The van der Waals surface area contributed by atoms with Crippen LogP contribution >= 0.6 is 23.2 Å². The van der Waals surface area contributed by atoms with Gasteiger partial charge in [0.1, 0.15) is 5.82 Å². The number of carbonyl (C=O) groups excluding carboxylic acids is 1. The van der Waals surface area contributed by atoms with Crippen molar-refractivity contribution in [1.29, 1.82) is 0 Å². The van der Waals surface area contributed by atoms with Crippen molar-refractivity contribution < 1.29 is 9.18 Å². The number of amides is 1. The van der Waals surface area contributed by atoms with E-state index < -0.39 is 5.82 Å². The molecule has 0 saturated carbocycles. The highest BCUT2D eigenvalue weighted by Gasteiger charge is 2.26. The molecule has 5 heteroatoms. The van der Waals surface area contributed by atoms with Crippen LogP contribution in [0.2, 0.25) is 5.02 Å². The van der Waals surface area contributed by atoms with Crippen molar-refractivity contribution in [3.63, 3.8) is 0 Å². The van der Waals surface area contributed by atoms with Crippen LogP contribution in [0.25, 0.3) is 0 Å². The van der Waals surface area contributed by atoms with Crippen LogP contribution in [0.1, 0.15) is 37.6 Å². The summed E-state index contributed by atoms with van der Waals surface area (Å²) in [6, 6.07) is 3.66. The first-order valence-electron chi connectivity index (χ1n) is 6.07. The van der Waals surface area contributed by atoms with Gasteiger partial charge < -0.3 is 5.32 Å². The largest absolute Gasteiger partial charge is 0.349 e. The summed E-state index contributed by atoms with van der Waals surface area (Å²) < 4.78 is 12.9. The average molecular weight is 306 g/mol. The highest BCUT2D eigenvalue weighted by Crippen LogP contribution is 2.24. The highest BCUT2D eigenvalue weighted by atomic mass is 35.5. The summed E-state index contributed by atoms with van der Waals surface area (Å²) in [5.74, 6) is -0.316. The van der Waals surface area contributed by atoms with Crippen molar-refractivity contribution in [2.75, 3.05) is 5.88 Å². The molecule has 0 aliphatic heterocycles. The number of hydrogen-bond acceptors (Lipinski definition) is 1. The number of hydrogen-bond donors (Lipinski definition) is 1. The van der Waals surface area contributed by atoms with E-state index in [1.54, 1.807) is 0 Å². The second-order valence-corrected chi connectivity index (χ2v) is 6.28. The Balaban J connectivity index is 2.88. The Morgan fingerprint density at radius 2 is 2.05 bits per heavy atom. The van der Waals surface area contributed by atoms with Gasteiger partial charge in [0.05, 0.1) is 10.6 Å². The van der Waals surface area contributed by atoms with Gasteiger partial charge in [-0.1, -0.05) is 32.4 Å². The van der Waals surface area contributed by atoms with Crippen LogP contribution in [-0.2, 0) is 0 Å². The predicted molar refractivity (Wildman–Crippen MR) is 77.5 cm³/mol. The molecule has 0 heterocycles. The van der Waals surface area contributed by atoms with Crippen molar-refractivity contribution in [1.82, 2.24) is 5.32 Å². The minimum Gasteiger partial charge on any atom is -0.349 e. The first-order chi connectivity index (χ1) is 8.75. The molecule has 1 rings (SSSR count). The maximum Gasteiger partial charge on any atom is 0.253 e. The van der Waals surface area contributed by atoms with Crippen LogP contribution in [-0.4, -0.2) is 17.8 Å². The Bertz CT molecular complexity index is 457. The lowest BCUT2D eigenvalue weighted by molar-refractivity contribution is 0.0900. The van der Waals surface area contributed by atoms with E-state index in [1.165, 1.54) is 12.1 Å². The van der Waals surface area contributed by atoms with Gasteiger partial charge in [-0.2, -0.15) is 0 Å². The minimum absolute atomic E-state index is 0.0707. The maximum absolute atomic E-state index is 12.9. The van der Waals surface area contributed by atoms with Crippen LogP contribution in [0.5, 0.6) is 0 Å². The third kappa shape index (κ3) is 4.66. The fourth-order valence-corrected chi connectivity index (χ4v) is 2.21. The van der Waals surface area contributed by atoms with Gasteiger partial charge in [-0.3, -0.25) is 4.79 Å². The summed E-state index contributed by atoms with van der Waals surface area (Å²) >= 11 is 11.6. The molecule has 0 radical (unpaired) electrons. The van der Waals surface area contributed by atoms with E-state index in [9.17, 15) is 9.18 Å². The molecule has 0 saturated heterocycles. The number of benzene rings is 1. The molecular weight excluding hydrogens is 288 g/mol. The van der Waals surface area contributed by atoms with Crippen LogP contribution in [0, 0.1) is 11.2 Å². The molecule has 106 valence electrons. The molecule has 1 N–H and O–H groups in total. The zero-order valence-corrected chi connectivity index (χ0v) is 12.8. The zero-order chi connectivity index (χ0) is 14.6. The molecule has 0 bridgehead atoms. The Labute approximate surface area is 123 Å². The lowest BCUT2D eigenvalue weighted by Crippen LogP contribution is -2.44. The van der Waals surface area contributed by atoms with E-state index in [2.05, 4.69) is 5.32 Å². The van der Waals surface area contributed by atoms with Gasteiger partial charge in [-0.05, 0) is 30.0 Å². The maximum atomic E-state index is 12.9. The van der Waals surface area contributed by atoms with Crippen LogP contribution < -0.4 is 5.32 Å². The Morgan fingerprint density at radius 3 is 2.53 bits per heavy atom. The number of carbonyl (C=O) groups is 1. The first-order valence-corrected chi connectivity index (χ1v) is 6.99. The summed E-state index contributed by atoms with van der Waals surface area (Å²) in [5.41, 5.74) is 0.156. The van der Waals surface area contributed by atoms with E-state index in [0.717, 1.165) is 6.07 Å². The van der Waals surface area contributed by atoms with Gasteiger partial charge in [0.2, 0.25) is 0 Å². The quantitative estimate of drug-likeness (QED) is 0.828. The molecule has 1 aromatic carbocycles. The van der Waals surface area contributed by atoms with E-state index in [0.29, 0.717) is 12.3 Å². The minimum atomic E-state index is -0.463. The molecule has 0 aliphatic carbocycles. The first kappa shape index (κ1) is 16.3. The van der Waals surface area contributed by atoms with Gasteiger partial charge in [0.25, 0.3) is 5.91 Å². The smallest absolute Gasteiger partial charge is 0.253 e. The molecule has 0 aromatic heterocycles. The number of nitrogens with one attached hydrogen (secondary N) is 1. The summed E-state index contributed by atoms with van der Waals surface area (Å²) in [7, 11) is 0. The predicted octanol–water partition coefficient (Wildman–Crippen LogP) is 4.25. The molecule has 2 nitrogen and oxygen atoms in total. The Morgan fingerprint density at radius 1 is 1.42 bits per heavy atom. The molecule has 0 fully saturated rings. The van der Waals surface area contributed by atoms with Gasteiger partial charge in [0.15, 0.2) is 0 Å². The second kappa shape index (κ2) is 6.58. The molecule has 1 unspecified atom stereocenters. The normalized spacial score (nSPS) is 13.2. The zero-order valence-electron chi connectivity index (χ0n) is 11.3. The standard InChI is InChI=1S/C14H18Cl2FNO/c1-14(2,3)12(6-7-15)18-13(19)10-5-4-9(17)8-11(10)16/h4-5,8,12H,6-7H2,1-3H3,(H,18,19). The topological polar surface area (TPSA) is 29.1 Å². The summed E-state index contributed by atoms with van der Waals surface area (Å²) in [6.07, 6.45) is 0.662. The van der Waals surface area contributed by atoms with Gasteiger partial charge in [-0.25, -0.2) is 4.39 Å². The Kier molecular flexibility index (Phi) is 5.63. The summed E-state index contributed by atoms with van der Waals surface area (Å²) in [5, 5.41) is 3.01. The highest BCUT2D eigenvalue weighted by molar-refractivity contribution is 6.33. The lowest BCUT2D eigenvalue weighted by atomic mass is 9.85. The van der Waals surface area contributed by atoms with Crippen molar-refractivity contribution in [3.05, 3.63) is 34.6 Å². The third-order valence-corrected chi connectivity index (χ3v) is 3.46. The van der Waals surface area contributed by atoms with Gasteiger partial charge >= 0.3 is 0 Å². The fourth-order valence-electron chi connectivity index (χ4n) is 1.74. The molecule has 1 atom stereocenters. The van der Waals surface area contributed by atoms with Crippen LogP contribution in [0.3, 0.4) is 0 Å². The van der Waals surface area contributed by atoms with E-state index >= 15 is 0 Å². The Hall–Kier alpha value is -0.800. The molecule has 19 heavy (non-hydrogen) atoms. The van der Waals surface area contributed by atoms with E-state index in [-0.39, 0.29) is 28.0 Å². The molecule has 0 aliphatic rings. The van der Waals surface area contributed by atoms with Crippen molar-refractivity contribution >= 4 is 29.1 Å². The molecule has 1 amide bonds. The van der Waals surface area contributed by atoms with Crippen molar-refractivity contribution in [3.8, 4) is 0 Å². The number of halogens is 3. The monoisotopic (exact) mass is 305 g/mol. The van der Waals surface area contributed by atoms with Gasteiger partial charge in [0, 0.05) is 11.9 Å². The number of rotatable bonds is 4. The van der Waals surface area contributed by atoms with Crippen molar-refractivity contribution in [2.24, 2.45) is 5.41 Å². The average Bonchev–Trinajstić information content (AvgIpc) is 2.26. The molecule has 0 spiro atoms. The summed E-state index contributed by atoms with van der Waals surface area (Å²) in [4.78, 5) is 12.1.